The summed E-state index contributed by atoms with van der Waals surface area (Å²) < 4.78 is 33.9. The summed E-state index contributed by atoms with van der Waals surface area (Å²) >= 11 is 0. The van der Waals surface area contributed by atoms with Crippen molar-refractivity contribution < 1.29 is 17.9 Å². The Bertz CT molecular complexity index is 837. The Hall–Kier alpha value is -1.60. The van der Waals surface area contributed by atoms with E-state index in [1.54, 1.807) is 21.3 Å². The van der Waals surface area contributed by atoms with Crippen LogP contribution in [0.5, 0.6) is 5.75 Å². The van der Waals surface area contributed by atoms with E-state index in [1.807, 2.05) is 7.05 Å². The van der Waals surface area contributed by atoms with Gasteiger partial charge in [-0.3, -0.25) is 4.79 Å². The van der Waals surface area contributed by atoms with Gasteiger partial charge in [0.15, 0.2) is 0 Å². The second kappa shape index (κ2) is 9.69. The van der Waals surface area contributed by atoms with E-state index in [9.17, 15) is 13.2 Å². The second-order valence-electron chi connectivity index (χ2n) is 9.20. The number of nitrogens with zero attached hydrogens (tertiary/aromatic N) is 2. The molecule has 7 heteroatoms. The van der Waals surface area contributed by atoms with Crippen LogP contribution in [0.1, 0.15) is 69.2 Å². The largest absolute Gasteiger partial charge is 0.495 e. The van der Waals surface area contributed by atoms with Gasteiger partial charge in [-0.25, -0.2) is 8.42 Å². The van der Waals surface area contributed by atoms with Crippen LogP contribution in [0.25, 0.3) is 0 Å². The molecule has 0 spiro atoms. The summed E-state index contributed by atoms with van der Waals surface area (Å²) in [5, 5.41) is 0. The SMILES string of the molecule is COc1ccc(C(=O)N(C)C2CCCCCC2)cc1S(=O)(=O)N1CC(C)CC(C)C1. The van der Waals surface area contributed by atoms with Crippen molar-refractivity contribution in [1.82, 2.24) is 9.21 Å². The number of amides is 1. The van der Waals surface area contributed by atoms with E-state index in [2.05, 4.69) is 13.8 Å². The van der Waals surface area contributed by atoms with Crippen LogP contribution in [0.3, 0.4) is 0 Å². The molecule has 0 aromatic heterocycles. The van der Waals surface area contributed by atoms with Crippen molar-refractivity contribution in [2.45, 2.75) is 69.7 Å². The number of carbonyl (C=O) groups is 1. The summed E-state index contributed by atoms with van der Waals surface area (Å²) in [4.78, 5) is 15.1. The second-order valence-corrected chi connectivity index (χ2v) is 11.1. The van der Waals surface area contributed by atoms with Crippen molar-refractivity contribution >= 4 is 15.9 Å². The Morgan fingerprint density at radius 2 is 1.67 bits per heavy atom. The third-order valence-corrected chi connectivity index (χ3v) is 8.41. The molecular weight excluding hydrogens is 400 g/mol. The smallest absolute Gasteiger partial charge is 0.253 e. The summed E-state index contributed by atoms with van der Waals surface area (Å²) in [6, 6.07) is 5.01. The topological polar surface area (TPSA) is 66.9 Å². The number of hydrogen-bond acceptors (Lipinski definition) is 4. The zero-order valence-corrected chi connectivity index (χ0v) is 19.6. The fraction of sp³-hybridized carbons (Fsp3) is 0.696. The molecule has 1 aromatic carbocycles. The highest BCUT2D eigenvalue weighted by Gasteiger charge is 2.34. The Labute approximate surface area is 181 Å². The van der Waals surface area contributed by atoms with Crippen LogP contribution >= 0.6 is 0 Å². The van der Waals surface area contributed by atoms with Gasteiger partial charge in [0.05, 0.1) is 7.11 Å². The maximum atomic E-state index is 13.5. The van der Waals surface area contributed by atoms with Gasteiger partial charge in [-0.05, 0) is 49.3 Å². The number of methoxy groups -OCH3 is 1. The first-order chi connectivity index (χ1) is 14.2. The predicted octanol–water partition coefficient (Wildman–Crippen LogP) is 4.16. The molecule has 0 radical (unpaired) electrons. The van der Waals surface area contributed by atoms with Gasteiger partial charge in [0.2, 0.25) is 10.0 Å². The molecule has 30 heavy (non-hydrogen) atoms. The molecule has 1 aliphatic heterocycles. The summed E-state index contributed by atoms with van der Waals surface area (Å²) in [6.45, 7) is 5.15. The molecule has 2 fully saturated rings. The van der Waals surface area contributed by atoms with Crippen molar-refractivity contribution in [2.75, 3.05) is 27.2 Å². The molecule has 6 nitrogen and oxygen atoms in total. The third-order valence-electron chi connectivity index (χ3n) is 6.56. The summed E-state index contributed by atoms with van der Waals surface area (Å²) in [5.74, 6) is 0.775. The molecule has 0 bridgehead atoms. The summed E-state index contributed by atoms with van der Waals surface area (Å²) in [6.07, 6.45) is 7.74. The molecule has 2 unspecified atom stereocenters. The molecule has 1 saturated carbocycles. The zero-order chi connectivity index (χ0) is 21.9. The lowest BCUT2D eigenvalue weighted by Crippen LogP contribution is -2.42. The lowest BCUT2D eigenvalue weighted by atomic mass is 9.94. The molecule has 2 atom stereocenters. The molecule has 1 aliphatic carbocycles. The molecule has 3 rings (SSSR count). The van der Waals surface area contributed by atoms with Gasteiger partial charge < -0.3 is 9.64 Å². The summed E-state index contributed by atoms with van der Waals surface area (Å²) in [5.41, 5.74) is 0.402. The van der Waals surface area contributed by atoms with Crippen molar-refractivity contribution in [3.8, 4) is 5.75 Å². The van der Waals surface area contributed by atoms with E-state index in [1.165, 1.54) is 26.0 Å². The molecule has 1 heterocycles. The van der Waals surface area contributed by atoms with E-state index in [0.29, 0.717) is 30.5 Å². The predicted molar refractivity (Wildman–Crippen MR) is 118 cm³/mol. The number of rotatable bonds is 5. The van der Waals surface area contributed by atoms with E-state index in [0.717, 1.165) is 32.1 Å². The fourth-order valence-corrected chi connectivity index (χ4v) is 6.83. The van der Waals surface area contributed by atoms with E-state index in [-0.39, 0.29) is 22.6 Å². The van der Waals surface area contributed by atoms with Crippen molar-refractivity contribution in [3.63, 3.8) is 0 Å². The van der Waals surface area contributed by atoms with Gasteiger partial charge in [0, 0.05) is 31.7 Å². The van der Waals surface area contributed by atoms with Crippen LogP contribution < -0.4 is 4.74 Å². The first-order valence-corrected chi connectivity index (χ1v) is 12.6. The number of sulfonamides is 1. The van der Waals surface area contributed by atoms with Crippen molar-refractivity contribution in [1.29, 1.82) is 0 Å². The Morgan fingerprint density at radius 3 is 2.23 bits per heavy atom. The van der Waals surface area contributed by atoms with Gasteiger partial charge in [-0.2, -0.15) is 4.31 Å². The lowest BCUT2D eigenvalue weighted by molar-refractivity contribution is 0.0717. The number of hydrogen-bond donors (Lipinski definition) is 0. The Balaban J connectivity index is 1.90. The fourth-order valence-electron chi connectivity index (χ4n) is 4.97. The first-order valence-electron chi connectivity index (χ1n) is 11.2. The average molecular weight is 437 g/mol. The average Bonchev–Trinajstić information content (AvgIpc) is 3.01. The van der Waals surface area contributed by atoms with E-state index >= 15 is 0 Å². The Kier molecular flexibility index (Phi) is 7.45. The quantitative estimate of drug-likeness (QED) is 0.650. The Morgan fingerprint density at radius 1 is 1.07 bits per heavy atom. The highest BCUT2D eigenvalue weighted by molar-refractivity contribution is 7.89. The molecule has 2 aliphatic rings. The highest BCUT2D eigenvalue weighted by atomic mass is 32.2. The van der Waals surface area contributed by atoms with Gasteiger partial charge >= 0.3 is 0 Å². The minimum absolute atomic E-state index is 0.0893. The first kappa shape index (κ1) is 23.1. The molecular formula is C23H36N2O4S. The van der Waals surface area contributed by atoms with Crippen LogP contribution in [0, 0.1) is 11.8 Å². The molecule has 168 valence electrons. The van der Waals surface area contributed by atoms with Crippen LogP contribution in [-0.4, -0.2) is 56.8 Å². The van der Waals surface area contributed by atoms with Crippen LogP contribution in [0.15, 0.2) is 23.1 Å². The minimum Gasteiger partial charge on any atom is -0.495 e. The van der Waals surface area contributed by atoms with Crippen molar-refractivity contribution in [3.05, 3.63) is 23.8 Å². The third kappa shape index (κ3) is 4.99. The lowest BCUT2D eigenvalue weighted by Gasteiger charge is -2.34. The van der Waals surface area contributed by atoms with Crippen molar-refractivity contribution in [2.24, 2.45) is 11.8 Å². The molecule has 0 N–H and O–H groups in total. The molecule has 1 saturated heterocycles. The highest BCUT2D eigenvalue weighted by Crippen LogP contribution is 2.32. The normalized spacial score (nSPS) is 24.3. The van der Waals surface area contributed by atoms with Crippen LogP contribution in [0.4, 0.5) is 0 Å². The van der Waals surface area contributed by atoms with Gasteiger partial charge in [-0.1, -0.05) is 39.5 Å². The van der Waals surface area contributed by atoms with Crippen LogP contribution in [-0.2, 0) is 10.0 Å². The molecule has 1 amide bonds. The number of ether oxygens (including phenoxy) is 1. The number of piperidine rings is 1. The summed E-state index contributed by atoms with van der Waals surface area (Å²) in [7, 11) is -0.440. The zero-order valence-electron chi connectivity index (χ0n) is 18.8. The van der Waals surface area contributed by atoms with E-state index in [4.69, 9.17) is 4.74 Å². The van der Waals surface area contributed by atoms with Gasteiger partial charge in [-0.15, -0.1) is 0 Å². The number of carbonyl (C=O) groups excluding carboxylic acids is 1. The van der Waals surface area contributed by atoms with Gasteiger partial charge in [0.1, 0.15) is 10.6 Å². The standard InChI is InChI=1S/C23H36N2O4S/c1-17-13-18(2)16-25(15-17)30(27,28)22-14-19(11-12-21(22)29-4)23(26)24(3)20-9-7-5-6-8-10-20/h11-12,14,17-18,20H,5-10,13,15-16H2,1-4H3. The van der Waals surface area contributed by atoms with Crippen LogP contribution in [0.2, 0.25) is 0 Å². The van der Waals surface area contributed by atoms with E-state index < -0.39 is 10.0 Å². The van der Waals surface area contributed by atoms with Gasteiger partial charge in [0.25, 0.3) is 5.91 Å². The monoisotopic (exact) mass is 436 g/mol. The number of benzene rings is 1. The maximum absolute atomic E-state index is 13.5. The molecule has 1 aromatic rings. The maximum Gasteiger partial charge on any atom is 0.253 e. The minimum atomic E-state index is -3.75.